The van der Waals surface area contributed by atoms with Gasteiger partial charge < -0.3 is 0 Å². The monoisotopic (exact) mass is 196 g/mol. The summed E-state index contributed by atoms with van der Waals surface area (Å²) in [5, 5.41) is 0.596. The van der Waals surface area contributed by atoms with Gasteiger partial charge in [-0.2, -0.15) is 11.8 Å². The highest BCUT2D eigenvalue weighted by atomic mass is 32.2. The van der Waals surface area contributed by atoms with Crippen molar-refractivity contribution in [2.75, 3.05) is 5.75 Å². The van der Waals surface area contributed by atoms with Gasteiger partial charge in [-0.1, -0.05) is 36.8 Å². The van der Waals surface area contributed by atoms with E-state index >= 15 is 0 Å². The second kappa shape index (κ2) is 8.18. The molecule has 0 aliphatic carbocycles. The van der Waals surface area contributed by atoms with Crippen molar-refractivity contribution in [1.29, 1.82) is 0 Å². The van der Waals surface area contributed by atoms with E-state index < -0.39 is 0 Å². The van der Waals surface area contributed by atoms with E-state index in [9.17, 15) is 0 Å². The molecular formula is C12H20S. The summed E-state index contributed by atoms with van der Waals surface area (Å²) in [6, 6.07) is 0. The van der Waals surface area contributed by atoms with Crippen molar-refractivity contribution in [1.82, 2.24) is 0 Å². The molecule has 0 aromatic rings. The number of thioether (sulfide) groups is 1. The Hall–Kier alpha value is -0.430. The van der Waals surface area contributed by atoms with Crippen LogP contribution in [0.15, 0.2) is 36.5 Å². The second-order valence-corrected chi connectivity index (χ2v) is 4.58. The van der Waals surface area contributed by atoms with Gasteiger partial charge in [0.15, 0.2) is 0 Å². The maximum absolute atomic E-state index is 3.94. The standard InChI is InChI=1S/C12H20S/c1-5-7-8-9-12(13-6-2)10-11(3)4/h5,7-9,12H,3,6,10H2,1-2,4H3/b7-5-,9-8+. The lowest BCUT2D eigenvalue weighted by Gasteiger charge is -2.10. The van der Waals surface area contributed by atoms with Crippen molar-refractivity contribution in [3.63, 3.8) is 0 Å². The lowest BCUT2D eigenvalue weighted by Crippen LogP contribution is -1.98. The van der Waals surface area contributed by atoms with Crippen LogP contribution in [0.3, 0.4) is 0 Å². The Morgan fingerprint density at radius 1 is 1.46 bits per heavy atom. The molecule has 1 atom stereocenters. The molecule has 0 radical (unpaired) electrons. The van der Waals surface area contributed by atoms with Gasteiger partial charge in [0.1, 0.15) is 0 Å². The van der Waals surface area contributed by atoms with E-state index in [0.717, 1.165) is 12.2 Å². The Morgan fingerprint density at radius 3 is 2.62 bits per heavy atom. The molecule has 0 heterocycles. The fourth-order valence-corrected chi connectivity index (χ4v) is 2.07. The largest absolute Gasteiger partial charge is 0.154 e. The third kappa shape index (κ3) is 7.92. The zero-order valence-corrected chi connectivity index (χ0v) is 9.73. The predicted octanol–water partition coefficient (Wildman–Crippen LogP) is 4.21. The van der Waals surface area contributed by atoms with E-state index in [1.807, 2.05) is 24.8 Å². The van der Waals surface area contributed by atoms with Gasteiger partial charge in [0, 0.05) is 5.25 Å². The van der Waals surface area contributed by atoms with Gasteiger partial charge in [0.2, 0.25) is 0 Å². The summed E-state index contributed by atoms with van der Waals surface area (Å²) in [7, 11) is 0. The average Bonchev–Trinajstić information content (AvgIpc) is 2.04. The predicted molar refractivity (Wildman–Crippen MR) is 65.3 cm³/mol. The lowest BCUT2D eigenvalue weighted by atomic mass is 10.2. The van der Waals surface area contributed by atoms with Crippen LogP contribution in [0.1, 0.15) is 27.2 Å². The van der Waals surface area contributed by atoms with Crippen LogP contribution in [0.25, 0.3) is 0 Å². The highest BCUT2D eigenvalue weighted by Gasteiger charge is 2.02. The van der Waals surface area contributed by atoms with Gasteiger partial charge in [0.05, 0.1) is 0 Å². The summed E-state index contributed by atoms with van der Waals surface area (Å²) in [5.74, 6) is 1.16. The quantitative estimate of drug-likeness (QED) is 0.453. The molecule has 74 valence electrons. The number of hydrogen-bond donors (Lipinski definition) is 0. The van der Waals surface area contributed by atoms with Gasteiger partial charge in [-0.25, -0.2) is 0 Å². The van der Waals surface area contributed by atoms with E-state index in [1.165, 1.54) is 5.57 Å². The third-order valence-corrected chi connectivity index (χ3v) is 2.64. The Labute approximate surface area is 86.8 Å². The molecule has 13 heavy (non-hydrogen) atoms. The highest BCUT2D eigenvalue weighted by Crippen LogP contribution is 2.19. The van der Waals surface area contributed by atoms with Gasteiger partial charge >= 0.3 is 0 Å². The van der Waals surface area contributed by atoms with Crippen LogP contribution in [-0.2, 0) is 0 Å². The Morgan fingerprint density at radius 2 is 2.15 bits per heavy atom. The van der Waals surface area contributed by atoms with Gasteiger partial charge in [-0.05, 0) is 26.0 Å². The first-order chi connectivity index (χ1) is 6.20. The number of allylic oxidation sites excluding steroid dienone is 4. The van der Waals surface area contributed by atoms with E-state index in [0.29, 0.717) is 5.25 Å². The lowest BCUT2D eigenvalue weighted by molar-refractivity contribution is 1.00. The van der Waals surface area contributed by atoms with Crippen molar-refractivity contribution in [2.45, 2.75) is 32.4 Å². The Bertz CT molecular complexity index is 189. The van der Waals surface area contributed by atoms with Crippen LogP contribution < -0.4 is 0 Å². The molecule has 0 aromatic heterocycles. The number of rotatable bonds is 6. The number of hydrogen-bond acceptors (Lipinski definition) is 1. The van der Waals surface area contributed by atoms with Gasteiger partial charge in [-0.3, -0.25) is 0 Å². The van der Waals surface area contributed by atoms with Crippen LogP contribution in [0.4, 0.5) is 0 Å². The topological polar surface area (TPSA) is 0 Å². The van der Waals surface area contributed by atoms with Crippen molar-refractivity contribution < 1.29 is 0 Å². The molecule has 0 saturated carbocycles. The van der Waals surface area contributed by atoms with Crippen LogP contribution >= 0.6 is 11.8 Å². The van der Waals surface area contributed by atoms with E-state index in [-0.39, 0.29) is 0 Å². The molecule has 1 heteroatoms. The molecule has 0 nitrogen and oxygen atoms in total. The summed E-state index contributed by atoms with van der Waals surface area (Å²) in [5.41, 5.74) is 1.26. The Balaban J connectivity index is 4.00. The van der Waals surface area contributed by atoms with Gasteiger partial charge in [-0.15, -0.1) is 6.58 Å². The van der Waals surface area contributed by atoms with Crippen LogP contribution in [0, 0.1) is 0 Å². The maximum Gasteiger partial charge on any atom is 0.0266 e. The molecule has 0 amide bonds. The molecule has 0 rings (SSSR count). The van der Waals surface area contributed by atoms with E-state index in [2.05, 4.69) is 38.7 Å². The van der Waals surface area contributed by atoms with E-state index in [4.69, 9.17) is 0 Å². The zero-order valence-electron chi connectivity index (χ0n) is 8.92. The molecule has 0 N–H and O–H groups in total. The molecule has 0 aliphatic rings. The van der Waals surface area contributed by atoms with E-state index in [1.54, 1.807) is 0 Å². The summed E-state index contributed by atoms with van der Waals surface area (Å²) < 4.78 is 0. The van der Waals surface area contributed by atoms with Crippen LogP contribution in [0.5, 0.6) is 0 Å². The first kappa shape index (κ1) is 12.6. The van der Waals surface area contributed by atoms with Gasteiger partial charge in [0.25, 0.3) is 0 Å². The smallest absolute Gasteiger partial charge is 0.0266 e. The molecule has 0 aliphatic heterocycles. The fraction of sp³-hybridized carbons (Fsp3) is 0.500. The second-order valence-electron chi connectivity index (χ2n) is 3.07. The Kier molecular flexibility index (Phi) is 7.91. The minimum absolute atomic E-state index is 0.596. The minimum Gasteiger partial charge on any atom is -0.154 e. The van der Waals surface area contributed by atoms with Crippen LogP contribution in [0.2, 0.25) is 0 Å². The molecular weight excluding hydrogens is 176 g/mol. The zero-order chi connectivity index (χ0) is 10.1. The SMILES string of the molecule is C=C(C)CC(/C=C/C=C\C)SCC. The van der Waals surface area contributed by atoms with Crippen molar-refractivity contribution in [3.8, 4) is 0 Å². The van der Waals surface area contributed by atoms with Crippen LogP contribution in [-0.4, -0.2) is 11.0 Å². The molecule has 0 aromatic carbocycles. The third-order valence-electron chi connectivity index (χ3n) is 1.56. The first-order valence-electron chi connectivity index (χ1n) is 4.76. The normalized spacial score (nSPS) is 14.1. The summed E-state index contributed by atoms with van der Waals surface area (Å²) in [6.45, 7) is 10.3. The summed E-state index contributed by atoms with van der Waals surface area (Å²) >= 11 is 1.97. The highest BCUT2D eigenvalue weighted by molar-refractivity contribution is 8.00. The molecule has 0 spiro atoms. The fourth-order valence-electron chi connectivity index (χ4n) is 1.04. The van der Waals surface area contributed by atoms with Crippen molar-refractivity contribution >= 4 is 11.8 Å². The van der Waals surface area contributed by atoms with Crippen molar-refractivity contribution in [3.05, 3.63) is 36.5 Å². The van der Waals surface area contributed by atoms with Crippen molar-refractivity contribution in [2.24, 2.45) is 0 Å². The molecule has 1 unspecified atom stereocenters. The molecule has 0 saturated heterocycles. The summed E-state index contributed by atoms with van der Waals surface area (Å²) in [4.78, 5) is 0. The summed E-state index contributed by atoms with van der Waals surface area (Å²) in [6.07, 6.45) is 9.58. The maximum atomic E-state index is 3.94. The minimum atomic E-state index is 0.596. The average molecular weight is 196 g/mol. The molecule has 0 bridgehead atoms. The molecule has 0 fully saturated rings. The first-order valence-corrected chi connectivity index (χ1v) is 5.81.